The molecule has 0 bridgehead atoms. The van der Waals surface area contributed by atoms with Crippen molar-refractivity contribution in [2.75, 3.05) is 11.9 Å². The van der Waals surface area contributed by atoms with Crippen LogP contribution in [0.1, 0.15) is 42.1 Å². The van der Waals surface area contributed by atoms with Gasteiger partial charge in [0.1, 0.15) is 0 Å². The van der Waals surface area contributed by atoms with E-state index in [0.29, 0.717) is 17.6 Å². The summed E-state index contributed by atoms with van der Waals surface area (Å²) in [6.07, 6.45) is 3.92. The summed E-state index contributed by atoms with van der Waals surface area (Å²) < 4.78 is 0. The molecular formula is C16H23N3O. The fourth-order valence-electron chi connectivity index (χ4n) is 3.27. The Morgan fingerprint density at radius 3 is 2.75 bits per heavy atom. The van der Waals surface area contributed by atoms with Gasteiger partial charge in [0, 0.05) is 35.9 Å². The number of nitrogens with two attached hydrogens (primary N) is 1. The second-order valence-electron chi connectivity index (χ2n) is 6.25. The van der Waals surface area contributed by atoms with Crippen LogP contribution >= 0.6 is 0 Å². The average molecular weight is 273 g/mol. The molecule has 1 saturated carbocycles. The molecule has 4 heteroatoms. The largest absolute Gasteiger partial charge is 0.381 e. The van der Waals surface area contributed by atoms with Crippen LogP contribution in [0.2, 0.25) is 0 Å². The van der Waals surface area contributed by atoms with Crippen molar-refractivity contribution >= 4 is 11.6 Å². The third-order valence-electron chi connectivity index (χ3n) is 4.51. The van der Waals surface area contributed by atoms with Crippen LogP contribution in [0.25, 0.3) is 0 Å². The molecule has 2 atom stereocenters. The van der Waals surface area contributed by atoms with Crippen molar-refractivity contribution in [3.05, 3.63) is 29.3 Å². The molecule has 3 N–H and O–H groups in total. The number of benzene rings is 1. The number of carbonyl (C=O) groups excluding carboxylic acids is 1. The molecule has 1 saturated heterocycles. The Hall–Kier alpha value is -1.55. The van der Waals surface area contributed by atoms with E-state index in [4.69, 9.17) is 5.73 Å². The highest BCUT2D eigenvalue weighted by Gasteiger charge is 2.38. The zero-order chi connectivity index (χ0) is 14.3. The minimum Gasteiger partial charge on any atom is -0.381 e. The summed E-state index contributed by atoms with van der Waals surface area (Å²) in [4.78, 5) is 13.8. The number of carbonyl (C=O) groups is 1. The predicted molar refractivity (Wildman–Crippen MR) is 80.9 cm³/mol. The molecule has 20 heavy (non-hydrogen) atoms. The lowest BCUT2D eigenvalue weighted by atomic mass is 10.1. The number of primary amides is 1. The molecule has 1 aromatic rings. The van der Waals surface area contributed by atoms with Gasteiger partial charge in [-0.1, -0.05) is 0 Å². The van der Waals surface area contributed by atoms with Crippen LogP contribution in [0.4, 0.5) is 5.69 Å². The second kappa shape index (κ2) is 5.09. The van der Waals surface area contributed by atoms with E-state index in [2.05, 4.69) is 17.1 Å². The highest BCUT2D eigenvalue weighted by Crippen LogP contribution is 2.34. The minimum absolute atomic E-state index is 0.367. The van der Waals surface area contributed by atoms with Crippen LogP contribution in [0, 0.1) is 6.92 Å². The third kappa shape index (κ3) is 2.66. The molecule has 0 aromatic heterocycles. The maximum Gasteiger partial charge on any atom is 0.248 e. The average Bonchev–Trinajstić information content (AvgIpc) is 3.16. The smallest absolute Gasteiger partial charge is 0.248 e. The van der Waals surface area contributed by atoms with Gasteiger partial charge in [-0.05, 0) is 56.9 Å². The first kappa shape index (κ1) is 13.4. The normalized spacial score (nSPS) is 26.7. The fourth-order valence-corrected chi connectivity index (χ4v) is 3.27. The van der Waals surface area contributed by atoms with Crippen LogP contribution in [0.5, 0.6) is 0 Å². The molecule has 3 rings (SSSR count). The monoisotopic (exact) mass is 273 g/mol. The van der Waals surface area contributed by atoms with Crippen molar-refractivity contribution in [3.8, 4) is 0 Å². The number of hydrogen-bond acceptors (Lipinski definition) is 3. The first-order valence-electron chi connectivity index (χ1n) is 7.47. The van der Waals surface area contributed by atoms with Crippen molar-refractivity contribution in [3.63, 3.8) is 0 Å². The van der Waals surface area contributed by atoms with Gasteiger partial charge in [-0.15, -0.1) is 0 Å². The standard InChI is InChI=1S/C16H23N3O/c1-10-7-12(16(17)20)3-6-15(10)18-13-8-11(2)19(9-13)14-4-5-14/h3,6-7,11,13-14,18H,4-5,8-9H2,1-2H3,(H2,17,20). The molecule has 4 nitrogen and oxygen atoms in total. The van der Waals surface area contributed by atoms with E-state index in [0.717, 1.165) is 23.8 Å². The summed E-state index contributed by atoms with van der Waals surface area (Å²) in [6, 6.07) is 7.64. The van der Waals surface area contributed by atoms with Crippen molar-refractivity contribution < 1.29 is 4.79 Å². The first-order chi connectivity index (χ1) is 9.54. The van der Waals surface area contributed by atoms with Gasteiger partial charge in [0.15, 0.2) is 0 Å². The van der Waals surface area contributed by atoms with Crippen molar-refractivity contribution in [2.45, 2.75) is 51.2 Å². The summed E-state index contributed by atoms with van der Waals surface area (Å²) in [5, 5.41) is 3.62. The topological polar surface area (TPSA) is 58.4 Å². The maximum absolute atomic E-state index is 11.2. The Kier molecular flexibility index (Phi) is 3.42. The Labute approximate surface area is 120 Å². The summed E-state index contributed by atoms with van der Waals surface area (Å²) in [7, 11) is 0. The highest BCUT2D eigenvalue weighted by molar-refractivity contribution is 5.93. The molecule has 0 spiro atoms. The maximum atomic E-state index is 11.2. The van der Waals surface area contributed by atoms with E-state index < -0.39 is 0 Å². The molecule has 1 aromatic carbocycles. The van der Waals surface area contributed by atoms with Crippen LogP contribution in [-0.2, 0) is 0 Å². The van der Waals surface area contributed by atoms with Gasteiger partial charge in [0.25, 0.3) is 0 Å². The fraction of sp³-hybridized carbons (Fsp3) is 0.562. The number of nitrogens with zero attached hydrogens (tertiary/aromatic N) is 1. The van der Waals surface area contributed by atoms with Gasteiger partial charge in [-0.2, -0.15) is 0 Å². The van der Waals surface area contributed by atoms with Gasteiger partial charge < -0.3 is 11.1 Å². The third-order valence-corrected chi connectivity index (χ3v) is 4.51. The quantitative estimate of drug-likeness (QED) is 0.883. The lowest BCUT2D eigenvalue weighted by Gasteiger charge is -2.20. The molecule has 1 aliphatic carbocycles. The van der Waals surface area contributed by atoms with Gasteiger partial charge in [0.2, 0.25) is 5.91 Å². The first-order valence-corrected chi connectivity index (χ1v) is 7.47. The Morgan fingerprint density at radius 2 is 2.15 bits per heavy atom. The Balaban J connectivity index is 1.67. The van der Waals surface area contributed by atoms with E-state index in [1.54, 1.807) is 6.07 Å². The van der Waals surface area contributed by atoms with E-state index in [9.17, 15) is 4.79 Å². The summed E-state index contributed by atoms with van der Waals surface area (Å²) in [5.41, 5.74) is 8.08. The molecule has 1 heterocycles. The lowest BCUT2D eigenvalue weighted by molar-refractivity contribution is 0.1000. The van der Waals surface area contributed by atoms with Gasteiger partial charge in [0.05, 0.1) is 0 Å². The summed E-state index contributed by atoms with van der Waals surface area (Å²) >= 11 is 0. The molecule has 0 radical (unpaired) electrons. The Morgan fingerprint density at radius 1 is 1.40 bits per heavy atom. The zero-order valence-corrected chi connectivity index (χ0v) is 12.2. The van der Waals surface area contributed by atoms with E-state index in [-0.39, 0.29) is 5.91 Å². The van der Waals surface area contributed by atoms with Crippen LogP contribution in [0.3, 0.4) is 0 Å². The summed E-state index contributed by atoms with van der Waals surface area (Å²) in [6.45, 7) is 5.47. The number of amides is 1. The second-order valence-corrected chi connectivity index (χ2v) is 6.25. The zero-order valence-electron chi connectivity index (χ0n) is 12.2. The minimum atomic E-state index is -0.367. The predicted octanol–water partition coefficient (Wildman–Crippen LogP) is 2.13. The van der Waals surface area contributed by atoms with Crippen molar-refractivity contribution in [1.29, 1.82) is 0 Å². The van der Waals surface area contributed by atoms with Gasteiger partial charge in [-0.25, -0.2) is 0 Å². The highest BCUT2D eigenvalue weighted by atomic mass is 16.1. The number of likely N-dealkylation sites (tertiary alicyclic amines) is 1. The molecule has 2 unspecified atom stereocenters. The molecule has 1 amide bonds. The van der Waals surface area contributed by atoms with Crippen LogP contribution in [0.15, 0.2) is 18.2 Å². The number of anilines is 1. The number of aryl methyl sites for hydroxylation is 1. The van der Waals surface area contributed by atoms with E-state index in [1.165, 1.54) is 19.3 Å². The van der Waals surface area contributed by atoms with E-state index >= 15 is 0 Å². The lowest BCUT2D eigenvalue weighted by Crippen LogP contribution is -2.31. The van der Waals surface area contributed by atoms with Gasteiger partial charge in [-0.3, -0.25) is 9.69 Å². The number of rotatable bonds is 4. The Bertz CT molecular complexity index is 524. The SMILES string of the molecule is Cc1cc(C(N)=O)ccc1NC1CC(C)N(C2CC2)C1. The molecular weight excluding hydrogens is 250 g/mol. The molecule has 2 fully saturated rings. The van der Waals surface area contributed by atoms with Crippen LogP contribution in [-0.4, -0.2) is 35.5 Å². The molecule has 1 aliphatic heterocycles. The number of nitrogens with one attached hydrogen (secondary N) is 1. The molecule has 2 aliphatic rings. The number of hydrogen-bond donors (Lipinski definition) is 2. The van der Waals surface area contributed by atoms with Crippen molar-refractivity contribution in [1.82, 2.24) is 4.90 Å². The van der Waals surface area contributed by atoms with E-state index in [1.807, 2.05) is 19.1 Å². The van der Waals surface area contributed by atoms with Crippen LogP contribution < -0.4 is 11.1 Å². The molecule has 108 valence electrons. The van der Waals surface area contributed by atoms with Gasteiger partial charge >= 0.3 is 0 Å². The van der Waals surface area contributed by atoms with Crippen molar-refractivity contribution in [2.24, 2.45) is 5.73 Å². The summed E-state index contributed by atoms with van der Waals surface area (Å²) in [5.74, 6) is -0.367.